The molecule has 6 atom stereocenters. The van der Waals surface area contributed by atoms with Gasteiger partial charge in [0.2, 0.25) is 0 Å². The standard InChI is InChI=1S/C59H100O12/c1-4-7-10-13-16-19-22-25-26-29-30-33-36-39-42-45-51(60)67-48-50(69-52(61)46-43-40-37-34-31-27-23-20-17-14-11-8-5-2)49-68-59-57(55(64)54(63)56(71-59)58(65)66)70-53(62)47-44-41-38-35-32-28-24-21-18-15-12-9-6-3/h7,10,16,19-20,23,25-26,30,33,50,54-57,59,63-64H,4-6,8-9,11-15,17-18,21-22,24,27-29,31-32,34-49H2,1-3H3,(H,65,66)/b10-7-,19-16-,23-20-,26-25-,33-30-. The van der Waals surface area contributed by atoms with Gasteiger partial charge in [0.15, 0.2) is 24.6 Å². The van der Waals surface area contributed by atoms with Gasteiger partial charge < -0.3 is 39.0 Å². The molecule has 0 aromatic heterocycles. The zero-order valence-corrected chi connectivity index (χ0v) is 44.7. The number of ether oxygens (including phenoxy) is 5. The van der Waals surface area contributed by atoms with Gasteiger partial charge in [-0.1, -0.05) is 197 Å². The summed E-state index contributed by atoms with van der Waals surface area (Å²) >= 11 is 0. The number of carboxylic acid groups (broad SMARTS) is 1. The van der Waals surface area contributed by atoms with Gasteiger partial charge in [-0.2, -0.15) is 0 Å². The maximum atomic E-state index is 13.1. The molecule has 1 aliphatic rings. The van der Waals surface area contributed by atoms with Crippen molar-refractivity contribution in [1.82, 2.24) is 0 Å². The van der Waals surface area contributed by atoms with Crippen LogP contribution in [0.3, 0.4) is 0 Å². The van der Waals surface area contributed by atoms with E-state index in [0.29, 0.717) is 19.3 Å². The van der Waals surface area contributed by atoms with E-state index in [1.54, 1.807) is 0 Å². The number of carboxylic acids is 1. The molecule has 6 unspecified atom stereocenters. The molecular formula is C59H100O12. The first-order valence-electron chi connectivity index (χ1n) is 28.3. The summed E-state index contributed by atoms with van der Waals surface area (Å²) in [7, 11) is 0. The zero-order chi connectivity index (χ0) is 51.8. The van der Waals surface area contributed by atoms with Gasteiger partial charge in [-0.15, -0.1) is 0 Å². The molecule has 0 aliphatic carbocycles. The molecule has 71 heavy (non-hydrogen) atoms. The van der Waals surface area contributed by atoms with Crippen LogP contribution in [0.25, 0.3) is 0 Å². The Morgan fingerprint density at radius 2 is 0.887 bits per heavy atom. The van der Waals surface area contributed by atoms with Crippen LogP contribution >= 0.6 is 0 Å². The van der Waals surface area contributed by atoms with Crippen LogP contribution in [0.15, 0.2) is 60.8 Å². The summed E-state index contributed by atoms with van der Waals surface area (Å²) < 4.78 is 28.3. The number of esters is 3. The van der Waals surface area contributed by atoms with Gasteiger partial charge in [0, 0.05) is 19.3 Å². The number of rotatable bonds is 47. The van der Waals surface area contributed by atoms with E-state index >= 15 is 0 Å². The fraction of sp³-hybridized carbons (Fsp3) is 0.763. The smallest absolute Gasteiger partial charge is 0.335 e. The van der Waals surface area contributed by atoms with Crippen molar-refractivity contribution in [1.29, 1.82) is 0 Å². The van der Waals surface area contributed by atoms with Gasteiger partial charge in [-0.25, -0.2) is 4.79 Å². The van der Waals surface area contributed by atoms with E-state index in [4.69, 9.17) is 23.7 Å². The molecule has 408 valence electrons. The van der Waals surface area contributed by atoms with Crippen LogP contribution < -0.4 is 0 Å². The lowest BCUT2D eigenvalue weighted by Gasteiger charge is -2.40. The number of unbranched alkanes of at least 4 members (excludes halogenated alkanes) is 23. The normalized spacial score (nSPS) is 18.9. The lowest BCUT2D eigenvalue weighted by Crippen LogP contribution is -2.61. The molecule has 0 bridgehead atoms. The topological polar surface area (TPSA) is 175 Å². The summed E-state index contributed by atoms with van der Waals surface area (Å²) in [5, 5.41) is 31.4. The van der Waals surface area contributed by atoms with Crippen LogP contribution in [0.4, 0.5) is 0 Å². The van der Waals surface area contributed by atoms with Crippen molar-refractivity contribution in [2.75, 3.05) is 13.2 Å². The van der Waals surface area contributed by atoms with E-state index in [0.717, 1.165) is 103 Å². The predicted molar refractivity (Wildman–Crippen MR) is 285 cm³/mol. The molecule has 0 amide bonds. The Bertz CT molecular complexity index is 1470. The highest BCUT2D eigenvalue weighted by Gasteiger charge is 2.50. The first kappa shape index (κ1) is 65.4. The summed E-state index contributed by atoms with van der Waals surface area (Å²) in [6.45, 7) is 5.81. The van der Waals surface area contributed by atoms with E-state index in [9.17, 15) is 34.5 Å². The third-order valence-electron chi connectivity index (χ3n) is 12.6. The minimum absolute atomic E-state index is 0.0576. The molecule has 0 aromatic rings. The molecule has 1 fully saturated rings. The van der Waals surface area contributed by atoms with Crippen molar-refractivity contribution in [2.45, 2.75) is 276 Å². The minimum Gasteiger partial charge on any atom is -0.479 e. The number of aliphatic hydroxyl groups is 2. The number of carbonyl (C=O) groups is 4. The Morgan fingerprint density at radius 1 is 0.479 bits per heavy atom. The first-order chi connectivity index (χ1) is 34.6. The highest BCUT2D eigenvalue weighted by atomic mass is 16.7. The van der Waals surface area contributed by atoms with Crippen LogP contribution in [0.5, 0.6) is 0 Å². The van der Waals surface area contributed by atoms with E-state index in [1.807, 2.05) is 0 Å². The van der Waals surface area contributed by atoms with Crippen molar-refractivity contribution >= 4 is 23.9 Å². The molecule has 0 spiro atoms. The lowest BCUT2D eigenvalue weighted by molar-refractivity contribution is -0.301. The largest absolute Gasteiger partial charge is 0.479 e. The van der Waals surface area contributed by atoms with E-state index in [2.05, 4.69) is 81.5 Å². The second-order valence-corrected chi connectivity index (χ2v) is 19.2. The number of carbonyl (C=O) groups excluding carboxylic acids is 3. The van der Waals surface area contributed by atoms with Crippen LogP contribution in [0.2, 0.25) is 0 Å². The molecule has 12 nitrogen and oxygen atoms in total. The summed E-state index contributed by atoms with van der Waals surface area (Å²) in [5.41, 5.74) is 0. The molecule has 0 aromatic carbocycles. The Hall–Kier alpha value is -3.58. The second-order valence-electron chi connectivity index (χ2n) is 19.2. The molecule has 0 radical (unpaired) electrons. The summed E-state index contributed by atoms with van der Waals surface area (Å²) in [6.07, 6.45) is 44.9. The van der Waals surface area contributed by atoms with Gasteiger partial charge >= 0.3 is 23.9 Å². The van der Waals surface area contributed by atoms with Crippen molar-refractivity contribution < 1.29 is 58.2 Å². The van der Waals surface area contributed by atoms with Crippen LogP contribution in [-0.4, -0.2) is 89.2 Å². The quantitative estimate of drug-likeness (QED) is 0.0228. The summed E-state index contributed by atoms with van der Waals surface area (Å²) in [5.74, 6) is -3.18. The number of aliphatic carboxylic acids is 1. The van der Waals surface area contributed by atoms with Gasteiger partial charge in [0.25, 0.3) is 0 Å². The van der Waals surface area contributed by atoms with E-state index < -0.39 is 67.3 Å². The van der Waals surface area contributed by atoms with Gasteiger partial charge in [-0.05, 0) is 83.5 Å². The molecule has 1 saturated heterocycles. The van der Waals surface area contributed by atoms with Crippen molar-refractivity contribution in [3.63, 3.8) is 0 Å². The SMILES string of the molecule is CC/C=C\C/C=C\C/C=C\C/C=C\CCCCC(=O)OCC(COC1OC(C(=O)O)C(O)C(O)C1OC(=O)CCCCCCCCCCCCCCC)OC(=O)CCCCCCC/C=C\CCCCCC. The van der Waals surface area contributed by atoms with E-state index in [-0.39, 0.29) is 25.9 Å². The van der Waals surface area contributed by atoms with Crippen molar-refractivity contribution in [3.8, 4) is 0 Å². The van der Waals surface area contributed by atoms with Gasteiger partial charge in [0.05, 0.1) is 6.61 Å². The molecule has 1 rings (SSSR count). The Morgan fingerprint density at radius 3 is 1.41 bits per heavy atom. The number of hydrogen-bond acceptors (Lipinski definition) is 11. The predicted octanol–water partition coefficient (Wildman–Crippen LogP) is 14.0. The second kappa shape index (κ2) is 47.4. The number of aliphatic hydroxyl groups excluding tert-OH is 2. The average molecular weight is 1000 g/mol. The number of hydrogen-bond donors (Lipinski definition) is 3. The summed E-state index contributed by atoms with van der Waals surface area (Å²) in [6, 6.07) is 0. The van der Waals surface area contributed by atoms with Gasteiger partial charge in [-0.3, -0.25) is 14.4 Å². The molecule has 12 heteroatoms. The minimum atomic E-state index is -1.91. The monoisotopic (exact) mass is 1000 g/mol. The van der Waals surface area contributed by atoms with Crippen LogP contribution in [0, 0.1) is 0 Å². The lowest BCUT2D eigenvalue weighted by atomic mass is 9.98. The average Bonchev–Trinajstić information content (AvgIpc) is 3.35. The molecule has 1 aliphatic heterocycles. The third kappa shape index (κ3) is 37.8. The maximum Gasteiger partial charge on any atom is 0.335 e. The summed E-state index contributed by atoms with van der Waals surface area (Å²) in [4.78, 5) is 51.0. The fourth-order valence-electron chi connectivity index (χ4n) is 8.24. The maximum absolute atomic E-state index is 13.1. The molecule has 0 saturated carbocycles. The molecule has 3 N–H and O–H groups in total. The van der Waals surface area contributed by atoms with Crippen LogP contribution in [-0.2, 0) is 42.9 Å². The highest BCUT2D eigenvalue weighted by molar-refractivity contribution is 5.74. The fourth-order valence-corrected chi connectivity index (χ4v) is 8.24. The first-order valence-corrected chi connectivity index (χ1v) is 28.3. The Kier molecular flexibility index (Phi) is 43.7. The van der Waals surface area contributed by atoms with Crippen molar-refractivity contribution in [2.24, 2.45) is 0 Å². The van der Waals surface area contributed by atoms with Gasteiger partial charge in [0.1, 0.15) is 18.8 Å². The highest BCUT2D eigenvalue weighted by Crippen LogP contribution is 2.26. The Balaban J connectivity index is 2.74. The molecular weight excluding hydrogens is 901 g/mol. The number of allylic oxidation sites excluding steroid dienone is 10. The Labute approximate surface area is 430 Å². The van der Waals surface area contributed by atoms with Crippen molar-refractivity contribution in [3.05, 3.63) is 60.8 Å². The molecule has 1 heterocycles. The third-order valence-corrected chi connectivity index (χ3v) is 12.6. The van der Waals surface area contributed by atoms with Crippen LogP contribution in [0.1, 0.15) is 239 Å². The zero-order valence-electron chi connectivity index (χ0n) is 44.7. The van der Waals surface area contributed by atoms with E-state index in [1.165, 1.54) is 77.0 Å².